The van der Waals surface area contributed by atoms with Crippen molar-refractivity contribution in [2.45, 2.75) is 12.8 Å². The molecule has 3 aromatic carbocycles. The number of para-hydroxylation sites is 1. The van der Waals surface area contributed by atoms with E-state index < -0.39 is 11.9 Å². The van der Waals surface area contributed by atoms with Crippen LogP contribution in [-0.2, 0) is 9.53 Å². The Bertz CT molecular complexity index is 868. The van der Waals surface area contributed by atoms with E-state index in [2.05, 4.69) is 5.32 Å². The van der Waals surface area contributed by atoms with Crippen LogP contribution >= 0.6 is 0 Å². The Morgan fingerprint density at radius 2 is 1.33 bits per heavy atom. The molecule has 0 aromatic heterocycles. The van der Waals surface area contributed by atoms with Gasteiger partial charge in [-0.3, -0.25) is 4.79 Å². The number of hydrogen-bond acceptors (Lipinski definition) is 3. The molecule has 0 saturated heterocycles. The summed E-state index contributed by atoms with van der Waals surface area (Å²) in [6, 6.07) is 26.0. The summed E-state index contributed by atoms with van der Waals surface area (Å²) in [4.78, 5) is 25.4. The maximum Gasteiger partial charge on any atom is 0.340 e. The summed E-state index contributed by atoms with van der Waals surface area (Å²) in [5, 5.41) is 2.91. The average Bonchev–Trinajstić information content (AvgIpc) is 2.70. The number of carbonyl (C=O) groups is 2. The minimum absolute atomic E-state index is 0.204. The first-order valence-corrected chi connectivity index (χ1v) is 8.87. The molecule has 1 amide bonds. The van der Waals surface area contributed by atoms with Crippen molar-refractivity contribution in [2.75, 3.05) is 11.9 Å². The lowest BCUT2D eigenvalue weighted by Crippen LogP contribution is -2.23. The Kier molecular flexibility index (Phi) is 6.00. The van der Waals surface area contributed by atoms with Crippen LogP contribution in [-0.4, -0.2) is 18.5 Å². The summed E-state index contributed by atoms with van der Waals surface area (Å²) >= 11 is 0. The first-order chi connectivity index (χ1) is 13.2. The molecule has 1 N–H and O–H groups in total. The van der Waals surface area contributed by atoms with Crippen molar-refractivity contribution < 1.29 is 14.3 Å². The van der Waals surface area contributed by atoms with Gasteiger partial charge in [0.15, 0.2) is 0 Å². The number of ether oxygens (including phenoxy) is 1. The van der Waals surface area contributed by atoms with E-state index in [0.717, 1.165) is 11.1 Å². The normalized spacial score (nSPS) is 10.4. The number of carbonyl (C=O) groups excluding carboxylic acids is 2. The van der Waals surface area contributed by atoms with E-state index in [1.54, 1.807) is 31.2 Å². The Morgan fingerprint density at radius 3 is 1.89 bits per heavy atom. The largest absolute Gasteiger partial charge is 0.462 e. The Morgan fingerprint density at radius 1 is 0.815 bits per heavy atom. The molecule has 136 valence electrons. The topological polar surface area (TPSA) is 55.4 Å². The maximum atomic E-state index is 13.2. The average molecular weight is 359 g/mol. The maximum absolute atomic E-state index is 13.2. The van der Waals surface area contributed by atoms with Gasteiger partial charge in [0.25, 0.3) is 0 Å². The summed E-state index contributed by atoms with van der Waals surface area (Å²) in [6.07, 6.45) is 0. The van der Waals surface area contributed by atoms with Crippen molar-refractivity contribution in [1.29, 1.82) is 0 Å². The van der Waals surface area contributed by atoms with Crippen LogP contribution in [0.3, 0.4) is 0 Å². The second kappa shape index (κ2) is 8.81. The number of benzene rings is 3. The first kappa shape index (κ1) is 18.4. The molecule has 0 atom stereocenters. The van der Waals surface area contributed by atoms with Gasteiger partial charge in [0, 0.05) is 0 Å². The molecule has 0 aliphatic carbocycles. The van der Waals surface area contributed by atoms with Gasteiger partial charge in [0.05, 0.1) is 23.8 Å². The Hall–Kier alpha value is -3.40. The van der Waals surface area contributed by atoms with E-state index in [1.165, 1.54) is 0 Å². The monoisotopic (exact) mass is 359 g/mol. The molecule has 0 bridgehead atoms. The predicted molar refractivity (Wildman–Crippen MR) is 106 cm³/mol. The second-order valence-corrected chi connectivity index (χ2v) is 6.01. The zero-order valence-electron chi connectivity index (χ0n) is 15.1. The fourth-order valence-electron chi connectivity index (χ4n) is 2.97. The molecule has 0 aliphatic heterocycles. The number of anilines is 1. The van der Waals surface area contributed by atoms with E-state index in [1.807, 2.05) is 60.7 Å². The van der Waals surface area contributed by atoms with Crippen LogP contribution in [0, 0.1) is 0 Å². The number of rotatable bonds is 6. The van der Waals surface area contributed by atoms with Crippen molar-refractivity contribution in [1.82, 2.24) is 0 Å². The number of esters is 1. The van der Waals surface area contributed by atoms with Crippen LogP contribution in [0.2, 0.25) is 0 Å². The van der Waals surface area contributed by atoms with E-state index in [9.17, 15) is 9.59 Å². The van der Waals surface area contributed by atoms with Gasteiger partial charge in [-0.2, -0.15) is 0 Å². The molecule has 3 rings (SSSR count). The Labute approximate surface area is 158 Å². The molecule has 4 nitrogen and oxygen atoms in total. The quantitative estimate of drug-likeness (QED) is 0.653. The van der Waals surface area contributed by atoms with Crippen molar-refractivity contribution in [3.63, 3.8) is 0 Å². The highest BCUT2D eigenvalue weighted by Crippen LogP contribution is 2.27. The fraction of sp³-hybridized carbons (Fsp3) is 0.130. The molecule has 0 unspecified atom stereocenters. The van der Waals surface area contributed by atoms with Crippen LogP contribution in [0.1, 0.15) is 34.3 Å². The lowest BCUT2D eigenvalue weighted by atomic mass is 9.90. The summed E-state index contributed by atoms with van der Waals surface area (Å²) in [7, 11) is 0. The van der Waals surface area contributed by atoms with E-state index >= 15 is 0 Å². The van der Waals surface area contributed by atoms with Crippen molar-refractivity contribution in [3.05, 3.63) is 102 Å². The highest BCUT2D eigenvalue weighted by molar-refractivity contribution is 6.04. The zero-order valence-corrected chi connectivity index (χ0v) is 15.1. The third-order valence-corrected chi connectivity index (χ3v) is 4.21. The third kappa shape index (κ3) is 4.42. The standard InChI is InChI=1S/C23H21NO3/c1-2-27-23(26)19-15-9-10-16-20(19)24-22(25)21(17-11-5-3-6-12-17)18-13-7-4-8-14-18/h3-16,21H,2H2,1H3,(H,24,25). The van der Waals surface area contributed by atoms with E-state index in [4.69, 9.17) is 4.74 Å². The summed E-state index contributed by atoms with van der Waals surface area (Å²) < 4.78 is 5.09. The molecule has 0 radical (unpaired) electrons. The van der Waals surface area contributed by atoms with Crippen molar-refractivity contribution in [2.24, 2.45) is 0 Å². The molecule has 4 heteroatoms. The molecular weight excluding hydrogens is 338 g/mol. The van der Waals surface area contributed by atoms with Crippen molar-refractivity contribution in [3.8, 4) is 0 Å². The van der Waals surface area contributed by atoms with Gasteiger partial charge >= 0.3 is 5.97 Å². The van der Waals surface area contributed by atoms with Crippen LogP contribution in [0.15, 0.2) is 84.9 Å². The smallest absolute Gasteiger partial charge is 0.340 e. The molecule has 27 heavy (non-hydrogen) atoms. The van der Waals surface area contributed by atoms with Gasteiger partial charge < -0.3 is 10.1 Å². The Balaban J connectivity index is 1.94. The fourth-order valence-corrected chi connectivity index (χ4v) is 2.97. The van der Waals surface area contributed by atoms with Crippen LogP contribution in [0.25, 0.3) is 0 Å². The number of hydrogen-bond donors (Lipinski definition) is 1. The van der Waals surface area contributed by atoms with Gasteiger partial charge in [-0.15, -0.1) is 0 Å². The minimum atomic E-state index is -0.484. The molecule has 0 heterocycles. The summed E-state index contributed by atoms with van der Waals surface area (Å²) in [6.45, 7) is 2.03. The van der Waals surface area contributed by atoms with Gasteiger partial charge in [-0.05, 0) is 30.2 Å². The summed E-state index contributed by atoms with van der Waals surface area (Å²) in [5.41, 5.74) is 2.55. The minimum Gasteiger partial charge on any atom is -0.462 e. The third-order valence-electron chi connectivity index (χ3n) is 4.21. The molecule has 0 saturated carbocycles. The van der Waals surface area contributed by atoms with Crippen LogP contribution in [0.5, 0.6) is 0 Å². The molecule has 3 aromatic rings. The van der Waals surface area contributed by atoms with Gasteiger partial charge in [0.1, 0.15) is 0 Å². The molecule has 0 aliphatic rings. The van der Waals surface area contributed by atoms with Gasteiger partial charge in [-0.1, -0.05) is 72.8 Å². The highest BCUT2D eigenvalue weighted by atomic mass is 16.5. The number of nitrogens with one attached hydrogen (secondary N) is 1. The van der Waals surface area contributed by atoms with Crippen LogP contribution in [0.4, 0.5) is 5.69 Å². The second-order valence-electron chi connectivity index (χ2n) is 6.01. The highest BCUT2D eigenvalue weighted by Gasteiger charge is 2.24. The summed E-state index contributed by atoms with van der Waals surface area (Å²) in [5.74, 6) is -1.14. The molecule has 0 fully saturated rings. The van der Waals surface area contributed by atoms with E-state index in [0.29, 0.717) is 11.3 Å². The lowest BCUT2D eigenvalue weighted by molar-refractivity contribution is -0.116. The zero-order chi connectivity index (χ0) is 19.1. The first-order valence-electron chi connectivity index (χ1n) is 8.87. The number of amides is 1. The van der Waals surface area contributed by atoms with Gasteiger partial charge in [-0.25, -0.2) is 4.79 Å². The molecular formula is C23H21NO3. The molecule has 0 spiro atoms. The van der Waals surface area contributed by atoms with Gasteiger partial charge in [0.2, 0.25) is 5.91 Å². The van der Waals surface area contributed by atoms with Crippen molar-refractivity contribution >= 4 is 17.6 Å². The van der Waals surface area contributed by atoms with E-state index in [-0.39, 0.29) is 12.5 Å². The lowest BCUT2D eigenvalue weighted by Gasteiger charge is -2.19. The SMILES string of the molecule is CCOC(=O)c1ccccc1NC(=O)C(c1ccccc1)c1ccccc1. The van der Waals surface area contributed by atoms with Crippen LogP contribution < -0.4 is 5.32 Å². The predicted octanol–water partition coefficient (Wildman–Crippen LogP) is 4.63.